The highest BCUT2D eigenvalue weighted by Crippen LogP contribution is 2.01. The zero-order valence-corrected chi connectivity index (χ0v) is 7.86. The Hall–Kier alpha value is -1.16. The monoisotopic (exact) mass is 181 g/mol. The normalized spacial score (nSPS) is 16.4. The molecule has 2 rings (SSSR count). The highest BCUT2D eigenvalue weighted by Gasteiger charge is 2.03. The number of H-pyrrole nitrogens is 1. The lowest BCUT2D eigenvalue weighted by Gasteiger charge is -2.01. The summed E-state index contributed by atoms with van der Waals surface area (Å²) >= 11 is 0. The third-order valence-corrected chi connectivity index (χ3v) is 1.91. The van der Waals surface area contributed by atoms with Gasteiger partial charge in [-0.1, -0.05) is 0 Å². The standard InChI is InChI=1S/C5H11N.C4H4N2O/c1-6-4-2-3-5-6;7-4-5-2-1-3-6-4/h2-5H2,1H3;1-3H,(H,5,6,7). The summed E-state index contributed by atoms with van der Waals surface area (Å²) in [5, 5.41) is 0. The molecule has 1 N–H and O–H groups in total. The number of likely N-dealkylation sites (tertiary alicyclic amines) is 1. The molecule has 1 aromatic heterocycles. The van der Waals surface area contributed by atoms with Crippen molar-refractivity contribution in [3.05, 3.63) is 28.9 Å². The fourth-order valence-electron chi connectivity index (χ4n) is 1.19. The Labute approximate surface area is 77.6 Å². The SMILES string of the molecule is CN1CCCC1.O=c1nccc[nH]1. The van der Waals surface area contributed by atoms with Gasteiger partial charge in [-0.3, -0.25) is 0 Å². The van der Waals surface area contributed by atoms with Gasteiger partial charge in [-0.2, -0.15) is 0 Å². The molecule has 0 saturated carbocycles. The number of hydrogen-bond donors (Lipinski definition) is 1. The molecule has 4 heteroatoms. The first-order chi connectivity index (χ1) is 6.29. The number of nitrogens with one attached hydrogen (secondary N) is 1. The topological polar surface area (TPSA) is 49.0 Å². The molecule has 0 radical (unpaired) electrons. The second-order valence-corrected chi connectivity index (χ2v) is 3.10. The van der Waals surface area contributed by atoms with Gasteiger partial charge in [-0.25, -0.2) is 9.78 Å². The van der Waals surface area contributed by atoms with Crippen LogP contribution in [-0.4, -0.2) is 35.0 Å². The predicted molar refractivity (Wildman–Crippen MR) is 51.6 cm³/mol. The Morgan fingerprint density at radius 2 is 2.15 bits per heavy atom. The van der Waals surface area contributed by atoms with Crippen LogP contribution in [0.5, 0.6) is 0 Å². The molecule has 0 amide bonds. The molecule has 0 aromatic carbocycles. The van der Waals surface area contributed by atoms with Crippen molar-refractivity contribution >= 4 is 0 Å². The van der Waals surface area contributed by atoms with E-state index < -0.39 is 0 Å². The second-order valence-electron chi connectivity index (χ2n) is 3.10. The lowest BCUT2D eigenvalue weighted by atomic mass is 10.4. The number of nitrogens with zero attached hydrogens (tertiary/aromatic N) is 2. The van der Waals surface area contributed by atoms with Crippen LogP contribution in [-0.2, 0) is 0 Å². The molecule has 0 unspecified atom stereocenters. The summed E-state index contributed by atoms with van der Waals surface area (Å²) in [6.45, 7) is 2.64. The van der Waals surface area contributed by atoms with Gasteiger partial charge in [0, 0.05) is 12.4 Å². The van der Waals surface area contributed by atoms with E-state index >= 15 is 0 Å². The number of aromatic amines is 1. The molecule has 0 bridgehead atoms. The first kappa shape index (κ1) is 9.92. The van der Waals surface area contributed by atoms with Gasteiger partial charge in [0.15, 0.2) is 0 Å². The van der Waals surface area contributed by atoms with Crippen molar-refractivity contribution in [2.24, 2.45) is 0 Å². The Bertz CT molecular complexity index is 261. The molecule has 1 aromatic rings. The van der Waals surface area contributed by atoms with Crippen LogP contribution in [0.25, 0.3) is 0 Å². The second kappa shape index (κ2) is 5.48. The summed E-state index contributed by atoms with van der Waals surface area (Å²) in [5.41, 5.74) is -0.303. The minimum Gasteiger partial charge on any atom is -0.313 e. The molecule has 4 nitrogen and oxygen atoms in total. The largest absolute Gasteiger partial charge is 0.344 e. The molecule has 1 aliphatic heterocycles. The van der Waals surface area contributed by atoms with E-state index in [0.717, 1.165) is 0 Å². The fourth-order valence-corrected chi connectivity index (χ4v) is 1.19. The maximum absolute atomic E-state index is 10.1. The van der Waals surface area contributed by atoms with Crippen molar-refractivity contribution in [3.63, 3.8) is 0 Å². The molecule has 72 valence electrons. The number of hydrogen-bond acceptors (Lipinski definition) is 3. The zero-order valence-electron chi connectivity index (χ0n) is 7.86. The molecular weight excluding hydrogens is 166 g/mol. The van der Waals surface area contributed by atoms with Crippen LogP contribution < -0.4 is 5.69 Å². The van der Waals surface area contributed by atoms with Gasteiger partial charge in [0.05, 0.1) is 0 Å². The number of aromatic nitrogens is 2. The maximum Gasteiger partial charge on any atom is 0.344 e. The smallest absolute Gasteiger partial charge is 0.313 e. The van der Waals surface area contributed by atoms with Crippen LogP contribution in [0.4, 0.5) is 0 Å². The first-order valence-corrected chi connectivity index (χ1v) is 4.47. The molecule has 13 heavy (non-hydrogen) atoms. The number of rotatable bonds is 0. The molecule has 0 aliphatic carbocycles. The van der Waals surface area contributed by atoms with E-state index in [1.54, 1.807) is 6.07 Å². The van der Waals surface area contributed by atoms with Gasteiger partial charge in [0.25, 0.3) is 0 Å². The van der Waals surface area contributed by atoms with Crippen LogP contribution in [0.2, 0.25) is 0 Å². The van der Waals surface area contributed by atoms with Gasteiger partial charge >= 0.3 is 5.69 Å². The minimum absolute atomic E-state index is 0.303. The zero-order chi connectivity index (χ0) is 9.52. The maximum atomic E-state index is 10.1. The van der Waals surface area contributed by atoms with E-state index in [-0.39, 0.29) is 5.69 Å². The van der Waals surface area contributed by atoms with Crippen molar-refractivity contribution < 1.29 is 0 Å². The average Bonchev–Trinajstić information content (AvgIpc) is 2.58. The lowest BCUT2D eigenvalue weighted by molar-refractivity contribution is 0.418. The summed E-state index contributed by atoms with van der Waals surface area (Å²) in [5.74, 6) is 0. The summed E-state index contributed by atoms with van der Waals surface area (Å²) < 4.78 is 0. The lowest BCUT2D eigenvalue weighted by Crippen LogP contribution is -2.10. The van der Waals surface area contributed by atoms with E-state index in [4.69, 9.17) is 0 Å². The van der Waals surface area contributed by atoms with Gasteiger partial charge in [-0.15, -0.1) is 0 Å². The molecule has 2 heterocycles. The summed E-state index contributed by atoms with van der Waals surface area (Å²) in [6, 6.07) is 1.65. The van der Waals surface area contributed by atoms with E-state index in [9.17, 15) is 4.79 Å². The Morgan fingerprint density at radius 3 is 2.38 bits per heavy atom. The van der Waals surface area contributed by atoms with Crippen molar-refractivity contribution in [2.45, 2.75) is 12.8 Å². The van der Waals surface area contributed by atoms with E-state index in [1.165, 1.54) is 38.3 Å². The quantitative estimate of drug-likeness (QED) is 0.633. The van der Waals surface area contributed by atoms with Crippen LogP contribution in [0.3, 0.4) is 0 Å². The molecule has 1 fully saturated rings. The Morgan fingerprint density at radius 1 is 1.46 bits per heavy atom. The highest BCUT2D eigenvalue weighted by molar-refractivity contribution is 4.75. The summed E-state index contributed by atoms with van der Waals surface area (Å²) in [4.78, 5) is 18.2. The van der Waals surface area contributed by atoms with Crippen molar-refractivity contribution in [3.8, 4) is 0 Å². The minimum atomic E-state index is -0.303. The van der Waals surface area contributed by atoms with Crippen LogP contribution in [0.15, 0.2) is 23.3 Å². The third-order valence-electron chi connectivity index (χ3n) is 1.91. The third kappa shape index (κ3) is 4.42. The van der Waals surface area contributed by atoms with Gasteiger partial charge in [0.1, 0.15) is 0 Å². The molecular formula is C9H15N3O. The fraction of sp³-hybridized carbons (Fsp3) is 0.556. The van der Waals surface area contributed by atoms with Crippen molar-refractivity contribution in [1.29, 1.82) is 0 Å². The molecule has 0 atom stereocenters. The Balaban J connectivity index is 0.000000132. The van der Waals surface area contributed by atoms with E-state index in [1.807, 2.05) is 0 Å². The first-order valence-electron chi connectivity index (χ1n) is 4.47. The molecule has 0 spiro atoms. The highest BCUT2D eigenvalue weighted by atomic mass is 16.1. The van der Waals surface area contributed by atoms with Gasteiger partial charge < -0.3 is 9.88 Å². The predicted octanol–water partition coefficient (Wildman–Crippen LogP) is 0.482. The van der Waals surface area contributed by atoms with Crippen molar-refractivity contribution in [2.75, 3.05) is 20.1 Å². The van der Waals surface area contributed by atoms with Crippen LogP contribution in [0, 0.1) is 0 Å². The van der Waals surface area contributed by atoms with Gasteiger partial charge in [0.2, 0.25) is 0 Å². The molecule has 1 aliphatic rings. The summed E-state index contributed by atoms with van der Waals surface area (Å²) in [7, 11) is 2.17. The average molecular weight is 181 g/mol. The molecule has 1 saturated heterocycles. The Kier molecular flexibility index (Phi) is 4.18. The van der Waals surface area contributed by atoms with Gasteiger partial charge in [-0.05, 0) is 39.0 Å². The van der Waals surface area contributed by atoms with Crippen molar-refractivity contribution in [1.82, 2.24) is 14.9 Å². The summed E-state index contributed by atoms with van der Waals surface area (Å²) in [6.07, 6.45) is 5.81. The van der Waals surface area contributed by atoms with E-state index in [0.29, 0.717) is 0 Å². The van der Waals surface area contributed by atoms with Crippen LogP contribution >= 0.6 is 0 Å². The van der Waals surface area contributed by atoms with Crippen LogP contribution in [0.1, 0.15) is 12.8 Å². The van der Waals surface area contributed by atoms with E-state index in [2.05, 4.69) is 21.9 Å².